The largest absolute Gasteiger partial charge is 0.374 e. The lowest BCUT2D eigenvalue weighted by atomic mass is 10.0. The first kappa shape index (κ1) is 21.5. The average Bonchev–Trinajstić information content (AvgIpc) is 2.73. The average molecular weight is 417 g/mol. The Balaban J connectivity index is 1.76. The van der Waals surface area contributed by atoms with E-state index in [9.17, 15) is 13.2 Å². The van der Waals surface area contributed by atoms with E-state index in [2.05, 4.69) is 5.32 Å². The van der Waals surface area contributed by atoms with E-state index < -0.39 is 16.1 Å². The molecule has 0 saturated carbocycles. The molecule has 0 bridgehead atoms. The third-order valence-corrected chi connectivity index (χ3v) is 6.81. The van der Waals surface area contributed by atoms with Crippen molar-refractivity contribution in [1.29, 1.82) is 0 Å². The first-order valence-electron chi connectivity index (χ1n) is 9.96. The summed E-state index contributed by atoms with van der Waals surface area (Å²) in [4.78, 5) is 13.2. The van der Waals surface area contributed by atoms with Crippen LogP contribution in [-0.2, 0) is 26.2 Å². The quantitative estimate of drug-likeness (QED) is 0.745. The summed E-state index contributed by atoms with van der Waals surface area (Å²) in [5, 5.41) is 2.89. The molecule has 1 aliphatic rings. The molecule has 7 heteroatoms. The van der Waals surface area contributed by atoms with Crippen molar-refractivity contribution < 1.29 is 17.9 Å². The number of carbonyl (C=O) groups is 1. The lowest BCUT2D eigenvalue weighted by molar-refractivity contribution is -0.120. The van der Waals surface area contributed by atoms with Crippen molar-refractivity contribution in [3.05, 3.63) is 60.2 Å². The Morgan fingerprint density at radius 3 is 2.62 bits per heavy atom. The van der Waals surface area contributed by atoms with Crippen molar-refractivity contribution in [2.75, 3.05) is 11.9 Å². The van der Waals surface area contributed by atoms with E-state index in [4.69, 9.17) is 4.74 Å². The summed E-state index contributed by atoms with van der Waals surface area (Å²) in [5.74, 6) is -0.300. The molecule has 1 unspecified atom stereocenters. The highest BCUT2D eigenvalue weighted by Crippen LogP contribution is 2.26. The van der Waals surface area contributed by atoms with Crippen molar-refractivity contribution in [2.45, 2.75) is 56.8 Å². The van der Waals surface area contributed by atoms with E-state index >= 15 is 0 Å². The maximum Gasteiger partial charge on any atom is 0.243 e. The molecule has 1 N–H and O–H groups in total. The SMILES string of the molecule is CC(C)OCc1cccc(NC(=O)C2CCCCN2S(=O)(=O)c2ccccc2)c1. The molecule has 0 radical (unpaired) electrons. The maximum absolute atomic E-state index is 13.1. The number of hydrogen-bond donors (Lipinski definition) is 1. The summed E-state index contributed by atoms with van der Waals surface area (Å²) < 4.78 is 33.1. The molecule has 1 atom stereocenters. The molecule has 0 spiro atoms. The molecule has 1 heterocycles. The van der Waals surface area contributed by atoms with E-state index in [0.717, 1.165) is 18.4 Å². The zero-order valence-electron chi connectivity index (χ0n) is 16.9. The van der Waals surface area contributed by atoms with Gasteiger partial charge in [0, 0.05) is 12.2 Å². The molecule has 3 rings (SSSR count). The van der Waals surface area contributed by atoms with E-state index in [0.29, 0.717) is 25.3 Å². The van der Waals surface area contributed by atoms with Gasteiger partial charge in [0.25, 0.3) is 0 Å². The van der Waals surface area contributed by atoms with Gasteiger partial charge in [-0.15, -0.1) is 0 Å². The van der Waals surface area contributed by atoms with Crippen LogP contribution >= 0.6 is 0 Å². The fourth-order valence-electron chi connectivity index (χ4n) is 3.41. The van der Waals surface area contributed by atoms with E-state index in [1.165, 1.54) is 4.31 Å². The van der Waals surface area contributed by atoms with E-state index in [1.54, 1.807) is 36.4 Å². The predicted octanol–water partition coefficient (Wildman–Crippen LogP) is 3.79. The minimum absolute atomic E-state index is 0.118. The smallest absolute Gasteiger partial charge is 0.243 e. The van der Waals surface area contributed by atoms with E-state index in [1.807, 2.05) is 32.0 Å². The zero-order valence-corrected chi connectivity index (χ0v) is 17.7. The molecule has 156 valence electrons. The van der Waals surface area contributed by atoms with Crippen molar-refractivity contribution in [2.24, 2.45) is 0 Å². The van der Waals surface area contributed by atoms with Crippen molar-refractivity contribution in [1.82, 2.24) is 4.31 Å². The number of piperidine rings is 1. The molecule has 0 aliphatic carbocycles. The Morgan fingerprint density at radius 2 is 1.90 bits per heavy atom. The van der Waals surface area contributed by atoms with Crippen LogP contribution in [0.3, 0.4) is 0 Å². The molecule has 2 aromatic rings. The molecule has 2 aromatic carbocycles. The highest BCUT2D eigenvalue weighted by molar-refractivity contribution is 7.89. The predicted molar refractivity (Wildman–Crippen MR) is 113 cm³/mol. The number of rotatable bonds is 7. The molecule has 6 nitrogen and oxygen atoms in total. The van der Waals surface area contributed by atoms with E-state index in [-0.39, 0.29) is 16.9 Å². The number of nitrogens with zero attached hydrogens (tertiary/aromatic N) is 1. The van der Waals surface area contributed by atoms with Gasteiger partial charge in [-0.3, -0.25) is 4.79 Å². The molecule has 1 aliphatic heterocycles. The normalized spacial score (nSPS) is 18.0. The van der Waals surface area contributed by atoms with Crippen LogP contribution in [0.25, 0.3) is 0 Å². The first-order valence-corrected chi connectivity index (χ1v) is 11.4. The summed E-state index contributed by atoms with van der Waals surface area (Å²) in [5.41, 5.74) is 1.59. The second kappa shape index (κ2) is 9.52. The number of amides is 1. The Labute approximate surface area is 172 Å². The van der Waals surface area contributed by atoms with Gasteiger partial charge in [0.2, 0.25) is 15.9 Å². The number of anilines is 1. The van der Waals surface area contributed by atoms with Crippen LogP contribution in [0.2, 0.25) is 0 Å². The van der Waals surface area contributed by atoms with Gasteiger partial charge >= 0.3 is 0 Å². The number of benzene rings is 2. The van der Waals surface area contributed by atoms with Gasteiger partial charge in [0.05, 0.1) is 17.6 Å². The minimum Gasteiger partial charge on any atom is -0.374 e. The summed E-state index contributed by atoms with van der Waals surface area (Å²) in [6.45, 7) is 4.74. The van der Waals surface area contributed by atoms with Gasteiger partial charge in [0.1, 0.15) is 6.04 Å². The van der Waals surface area contributed by atoms with Crippen LogP contribution in [0.4, 0.5) is 5.69 Å². The number of nitrogens with one attached hydrogen (secondary N) is 1. The second-order valence-corrected chi connectivity index (χ2v) is 9.38. The first-order chi connectivity index (χ1) is 13.9. The van der Waals surface area contributed by atoms with Gasteiger partial charge in [-0.1, -0.05) is 36.8 Å². The van der Waals surface area contributed by atoms with Gasteiger partial charge in [0.15, 0.2) is 0 Å². The molecule has 1 saturated heterocycles. The highest BCUT2D eigenvalue weighted by Gasteiger charge is 2.37. The Morgan fingerprint density at radius 1 is 1.14 bits per heavy atom. The number of hydrogen-bond acceptors (Lipinski definition) is 4. The number of carbonyl (C=O) groups excluding carboxylic acids is 1. The van der Waals surface area contributed by atoms with Gasteiger partial charge in [-0.2, -0.15) is 4.31 Å². The molecule has 0 aromatic heterocycles. The summed E-state index contributed by atoms with van der Waals surface area (Å²) in [6.07, 6.45) is 2.19. The van der Waals surface area contributed by atoms with Crippen LogP contribution in [0.15, 0.2) is 59.5 Å². The third-order valence-electron chi connectivity index (χ3n) is 4.88. The molecule has 1 fully saturated rings. The monoisotopic (exact) mass is 416 g/mol. The van der Waals surface area contributed by atoms with Crippen molar-refractivity contribution in [3.63, 3.8) is 0 Å². The van der Waals surface area contributed by atoms with Crippen LogP contribution in [0, 0.1) is 0 Å². The zero-order chi connectivity index (χ0) is 20.9. The highest BCUT2D eigenvalue weighted by atomic mass is 32.2. The van der Waals surface area contributed by atoms with Gasteiger partial charge in [-0.25, -0.2) is 8.42 Å². The fraction of sp³-hybridized carbons (Fsp3) is 0.409. The van der Waals surface area contributed by atoms with Crippen LogP contribution in [-0.4, -0.2) is 37.3 Å². The molecular weight excluding hydrogens is 388 g/mol. The summed E-state index contributed by atoms with van der Waals surface area (Å²) >= 11 is 0. The Bertz CT molecular complexity index is 929. The van der Waals surface area contributed by atoms with Crippen LogP contribution in [0.5, 0.6) is 0 Å². The number of ether oxygens (including phenoxy) is 1. The topological polar surface area (TPSA) is 75.7 Å². The summed E-state index contributed by atoms with van der Waals surface area (Å²) in [7, 11) is -3.72. The van der Waals surface area contributed by atoms with Crippen molar-refractivity contribution >= 4 is 21.6 Å². The summed E-state index contributed by atoms with van der Waals surface area (Å²) in [6, 6.07) is 15.0. The molecular formula is C22H28N2O4S. The lowest BCUT2D eigenvalue weighted by Crippen LogP contribution is -2.49. The maximum atomic E-state index is 13.1. The molecule has 29 heavy (non-hydrogen) atoms. The second-order valence-electron chi connectivity index (χ2n) is 7.49. The Hall–Kier alpha value is -2.22. The minimum atomic E-state index is -3.72. The van der Waals surface area contributed by atoms with Crippen LogP contribution in [0.1, 0.15) is 38.7 Å². The number of sulfonamides is 1. The van der Waals surface area contributed by atoms with Gasteiger partial charge < -0.3 is 10.1 Å². The standard InChI is InChI=1S/C22H28N2O4S/c1-17(2)28-16-18-9-8-10-19(15-18)23-22(25)21-13-6-7-14-24(21)29(26,27)20-11-4-3-5-12-20/h3-5,8-12,15,17,21H,6-7,13-14,16H2,1-2H3,(H,23,25). The van der Waals surface area contributed by atoms with Crippen molar-refractivity contribution in [3.8, 4) is 0 Å². The van der Waals surface area contributed by atoms with Gasteiger partial charge in [-0.05, 0) is 56.5 Å². The lowest BCUT2D eigenvalue weighted by Gasteiger charge is -2.33. The Kier molecular flexibility index (Phi) is 7.05. The third kappa shape index (κ3) is 5.44. The molecule has 1 amide bonds. The fourth-order valence-corrected chi connectivity index (χ4v) is 5.09. The van der Waals surface area contributed by atoms with Crippen LogP contribution < -0.4 is 5.32 Å².